The van der Waals surface area contributed by atoms with Gasteiger partial charge in [0.15, 0.2) is 0 Å². The Balaban J connectivity index is 1.42. The van der Waals surface area contributed by atoms with E-state index in [9.17, 15) is 14.4 Å². The van der Waals surface area contributed by atoms with E-state index in [2.05, 4.69) is 26.8 Å². The van der Waals surface area contributed by atoms with Gasteiger partial charge in [0.05, 0.1) is 8.66 Å². The van der Waals surface area contributed by atoms with E-state index in [1.54, 1.807) is 12.1 Å². The number of halogens is 1. The van der Waals surface area contributed by atoms with Crippen LogP contribution in [0.15, 0.2) is 15.9 Å². The van der Waals surface area contributed by atoms with Crippen molar-refractivity contribution in [3.05, 3.63) is 20.8 Å². The smallest absolute Gasteiger partial charge is 0.319 e. The minimum absolute atomic E-state index is 0.0907. The predicted molar refractivity (Wildman–Crippen MR) is 98.1 cm³/mol. The van der Waals surface area contributed by atoms with Crippen molar-refractivity contribution in [3.8, 4) is 0 Å². The summed E-state index contributed by atoms with van der Waals surface area (Å²) in [5.41, 5.74) is 4.95. The third-order valence-corrected chi connectivity index (χ3v) is 6.23. The number of nitrogens with one attached hydrogen (secondary N) is 2. The second-order valence-electron chi connectivity index (χ2n) is 6.29. The molecule has 2 saturated heterocycles. The second kappa shape index (κ2) is 8.18. The summed E-state index contributed by atoms with van der Waals surface area (Å²) in [6.07, 6.45) is 3.38. The van der Waals surface area contributed by atoms with Gasteiger partial charge in [-0.1, -0.05) is 0 Å². The molecule has 2 N–H and O–H groups in total. The zero-order chi connectivity index (χ0) is 17.8. The Morgan fingerprint density at radius 3 is 2.24 bits per heavy atom. The van der Waals surface area contributed by atoms with Crippen LogP contribution in [-0.2, 0) is 4.79 Å². The molecule has 3 heterocycles. The Kier molecular flexibility index (Phi) is 5.95. The molecule has 0 saturated carbocycles. The minimum atomic E-state index is -0.328. The standard InChI is InChI=1S/C16H21BrN4O3S/c17-13-4-3-12(25-13)15(23)19-18-14(22)11-5-9-21(10-6-11)16(24)20-7-1-2-8-20/h3-4,11H,1-2,5-10H2,(H,18,22)(H,19,23). The van der Waals surface area contributed by atoms with Crippen LogP contribution in [-0.4, -0.2) is 53.8 Å². The van der Waals surface area contributed by atoms with Gasteiger partial charge in [-0.3, -0.25) is 20.4 Å². The Morgan fingerprint density at radius 2 is 1.64 bits per heavy atom. The highest BCUT2D eigenvalue weighted by Crippen LogP contribution is 2.22. The molecule has 2 fully saturated rings. The number of amides is 4. The van der Waals surface area contributed by atoms with E-state index in [1.807, 2.05) is 9.80 Å². The number of piperidine rings is 1. The van der Waals surface area contributed by atoms with E-state index < -0.39 is 0 Å². The number of carbonyl (C=O) groups excluding carboxylic acids is 3. The summed E-state index contributed by atoms with van der Waals surface area (Å²) in [6, 6.07) is 3.57. The molecule has 1 aromatic rings. The maximum Gasteiger partial charge on any atom is 0.319 e. The number of carbonyl (C=O) groups is 3. The Hall–Kier alpha value is -1.61. The highest BCUT2D eigenvalue weighted by atomic mass is 79.9. The summed E-state index contributed by atoms with van der Waals surface area (Å²) < 4.78 is 0.860. The van der Waals surface area contributed by atoms with Gasteiger partial charge in [0.2, 0.25) is 5.91 Å². The minimum Gasteiger partial charge on any atom is -0.325 e. The third-order valence-electron chi connectivity index (χ3n) is 4.61. The fraction of sp³-hybridized carbons (Fsp3) is 0.562. The molecule has 0 radical (unpaired) electrons. The maximum absolute atomic E-state index is 12.3. The molecule has 136 valence electrons. The van der Waals surface area contributed by atoms with Crippen LogP contribution in [0.5, 0.6) is 0 Å². The van der Waals surface area contributed by atoms with Crippen molar-refractivity contribution in [2.24, 2.45) is 5.92 Å². The van der Waals surface area contributed by atoms with E-state index in [4.69, 9.17) is 0 Å². The number of likely N-dealkylation sites (tertiary alicyclic amines) is 2. The first kappa shape index (κ1) is 18.2. The van der Waals surface area contributed by atoms with E-state index in [1.165, 1.54) is 11.3 Å². The maximum atomic E-state index is 12.3. The quantitative estimate of drug-likeness (QED) is 0.708. The zero-order valence-electron chi connectivity index (χ0n) is 13.8. The molecule has 3 rings (SSSR count). The Bertz CT molecular complexity index is 652. The molecule has 0 aromatic carbocycles. The average Bonchev–Trinajstić information content (AvgIpc) is 3.30. The van der Waals surface area contributed by atoms with Crippen molar-refractivity contribution in [2.45, 2.75) is 25.7 Å². The first-order valence-corrected chi connectivity index (χ1v) is 10.0. The van der Waals surface area contributed by atoms with E-state index in [0.29, 0.717) is 30.8 Å². The highest BCUT2D eigenvalue weighted by Gasteiger charge is 2.30. The number of hydrogen-bond acceptors (Lipinski definition) is 4. The number of hydrogen-bond donors (Lipinski definition) is 2. The summed E-state index contributed by atoms with van der Waals surface area (Å²) >= 11 is 4.60. The lowest BCUT2D eigenvalue weighted by atomic mass is 9.96. The van der Waals surface area contributed by atoms with E-state index in [-0.39, 0.29) is 23.8 Å². The van der Waals surface area contributed by atoms with Crippen molar-refractivity contribution < 1.29 is 14.4 Å². The number of nitrogens with zero attached hydrogens (tertiary/aromatic N) is 2. The number of thiophene rings is 1. The second-order valence-corrected chi connectivity index (χ2v) is 8.75. The van der Waals surface area contributed by atoms with Crippen LogP contribution in [0.3, 0.4) is 0 Å². The summed E-state index contributed by atoms with van der Waals surface area (Å²) in [4.78, 5) is 40.8. The van der Waals surface area contributed by atoms with Gasteiger partial charge in [-0.25, -0.2) is 4.79 Å². The van der Waals surface area contributed by atoms with Gasteiger partial charge in [0, 0.05) is 32.1 Å². The SMILES string of the molecule is O=C(NNC(=O)C1CCN(C(=O)N2CCCC2)CC1)c1ccc(Br)s1. The molecule has 2 aliphatic heterocycles. The van der Waals surface area contributed by atoms with Gasteiger partial charge < -0.3 is 9.80 Å². The lowest BCUT2D eigenvalue weighted by molar-refractivity contribution is -0.127. The van der Waals surface area contributed by atoms with Crippen LogP contribution in [0.2, 0.25) is 0 Å². The molecule has 2 aliphatic rings. The number of hydrazine groups is 1. The van der Waals surface area contributed by atoms with Crippen LogP contribution < -0.4 is 10.9 Å². The first-order valence-electron chi connectivity index (χ1n) is 8.44. The van der Waals surface area contributed by atoms with Crippen molar-refractivity contribution in [1.29, 1.82) is 0 Å². The third kappa shape index (κ3) is 4.52. The fourth-order valence-corrected chi connectivity index (χ4v) is 4.44. The summed E-state index contributed by atoms with van der Waals surface area (Å²) in [6.45, 7) is 2.84. The van der Waals surface area contributed by atoms with Crippen LogP contribution in [0, 0.1) is 5.92 Å². The van der Waals surface area contributed by atoms with E-state index in [0.717, 1.165) is 29.7 Å². The molecule has 1 aromatic heterocycles. The van der Waals surface area contributed by atoms with Crippen LogP contribution >= 0.6 is 27.3 Å². The van der Waals surface area contributed by atoms with Crippen LogP contribution in [0.25, 0.3) is 0 Å². The normalized spacial score (nSPS) is 18.3. The molecular weight excluding hydrogens is 408 g/mol. The van der Waals surface area contributed by atoms with Crippen molar-refractivity contribution in [3.63, 3.8) is 0 Å². The molecule has 0 unspecified atom stereocenters. The van der Waals surface area contributed by atoms with Crippen molar-refractivity contribution in [1.82, 2.24) is 20.7 Å². The first-order chi connectivity index (χ1) is 12.0. The summed E-state index contributed by atoms with van der Waals surface area (Å²) in [7, 11) is 0. The van der Waals surface area contributed by atoms with Gasteiger partial charge in [0.1, 0.15) is 0 Å². The molecule has 9 heteroatoms. The molecule has 0 atom stereocenters. The van der Waals surface area contributed by atoms with Crippen molar-refractivity contribution in [2.75, 3.05) is 26.2 Å². The predicted octanol–water partition coefficient (Wildman–Crippen LogP) is 2.20. The molecule has 25 heavy (non-hydrogen) atoms. The number of urea groups is 1. The summed E-state index contributed by atoms with van der Waals surface area (Å²) in [5.74, 6) is -0.707. The van der Waals surface area contributed by atoms with Crippen molar-refractivity contribution >= 4 is 45.1 Å². The molecule has 7 nitrogen and oxygen atoms in total. The fourth-order valence-electron chi connectivity index (χ4n) is 3.16. The number of rotatable bonds is 2. The van der Waals surface area contributed by atoms with E-state index >= 15 is 0 Å². The average molecular weight is 429 g/mol. The Morgan fingerprint density at radius 1 is 1.00 bits per heavy atom. The summed E-state index contributed by atoms with van der Waals surface area (Å²) in [5, 5.41) is 0. The Labute approximate surface area is 158 Å². The zero-order valence-corrected chi connectivity index (χ0v) is 16.2. The lowest BCUT2D eigenvalue weighted by Crippen LogP contribution is -2.50. The topological polar surface area (TPSA) is 81.8 Å². The molecule has 4 amide bonds. The van der Waals surface area contributed by atoms with Crippen LogP contribution in [0.1, 0.15) is 35.4 Å². The monoisotopic (exact) mass is 428 g/mol. The van der Waals surface area contributed by atoms with Gasteiger partial charge in [-0.2, -0.15) is 0 Å². The van der Waals surface area contributed by atoms with Gasteiger partial charge >= 0.3 is 6.03 Å². The molecule has 0 aliphatic carbocycles. The lowest BCUT2D eigenvalue weighted by Gasteiger charge is -2.33. The van der Waals surface area contributed by atoms with Gasteiger partial charge in [0.25, 0.3) is 5.91 Å². The molecular formula is C16H21BrN4O3S. The van der Waals surface area contributed by atoms with Gasteiger partial charge in [-0.15, -0.1) is 11.3 Å². The molecule has 0 spiro atoms. The largest absolute Gasteiger partial charge is 0.325 e. The molecule has 0 bridgehead atoms. The highest BCUT2D eigenvalue weighted by molar-refractivity contribution is 9.11. The van der Waals surface area contributed by atoms with Crippen LogP contribution in [0.4, 0.5) is 4.79 Å². The van der Waals surface area contributed by atoms with Gasteiger partial charge in [-0.05, 0) is 53.7 Å².